The number of phenols is 2. The number of carbonyl (C=O) groups excluding carboxylic acids is 1. The van der Waals surface area contributed by atoms with Gasteiger partial charge in [0.15, 0.2) is 5.75 Å². The van der Waals surface area contributed by atoms with Gasteiger partial charge in [0.25, 0.3) is 0 Å². The molecule has 0 spiro atoms. The van der Waals surface area contributed by atoms with Crippen molar-refractivity contribution in [3.63, 3.8) is 0 Å². The monoisotopic (exact) mass is 559 g/mol. The standard InChI is InChI=1S/C33H37NO5S/c35-25-11-9-24(10-12-25)33-32(29-18-13-26(36)22-30(29)40-33)39-28-16-14-27(15-17-28)38-21-5-4-20-34-31(37)19-8-23-6-2-1-3-7-23/h9-18,22-23,35-36H,1-8,19-21H2,(H,34,37). The van der Waals surface area contributed by atoms with E-state index in [1.54, 1.807) is 24.3 Å². The fraction of sp³-hybridized carbons (Fsp3) is 0.364. The number of ether oxygens (including phenoxy) is 2. The number of hydrogen-bond donors (Lipinski definition) is 3. The van der Waals surface area contributed by atoms with E-state index in [-0.39, 0.29) is 17.4 Å². The van der Waals surface area contributed by atoms with Crippen molar-refractivity contribution >= 4 is 27.3 Å². The highest BCUT2D eigenvalue weighted by atomic mass is 32.1. The average Bonchev–Trinajstić information content (AvgIpc) is 3.32. The molecule has 1 fully saturated rings. The third kappa shape index (κ3) is 7.48. The van der Waals surface area contributed by atoms with Crippen molar-refractivity contribution in [1.82, 2.24) is 5.32 Å². The minimum Gasteiger partial charge on any atom is -0.508 e. The Morgan fingerprint density at radius 2 is 1.60 bits per heavy atom. The van der Waals surface area contributed by atoms with E-state index >= 15 is 0 Å². The summed E-state index contributed by atoms with van der Waals surface area (Å²) in [5, 5.41) is 23.6. The Kier molecular flexibility index (Phi) is 9.45. The predicted molar refractivity (Wildman–Crippen MR) is 161 cm³/mol. The summed E-state index contributed by atoms with van der Waals surface area (Å²) < 4.78 is 13.2. The van der Waals surface area contributed by atoms with Crippen LogP contribution in [0.1, 0.15) is 57.8 Å². The Bertz CT molecular complexity index is 1390. The summed E-state index contributed by atoms with van der Waals surface area (Å²) >= 11 is 1.53. The molecule has 40 heavy (non-hydrogen) atoms. The predicted octanol–water partition coefficient (Wildman–Crippen LogP) is 8.41. The van der Waals surface area contributed by atoms with E-state index in [1.165, 1.54) is 43.4 Å². The molecule has 1 saturated carbocycles. The molecule has 0 aliphatic heterocycles. The SMILES string of the molecule is O=C(CCC1CCCCC1)NCCCCOc1ccc(Oc2c(-c3ccc(O)cc3)sc3cc(O)ccc23)cc1. The van der Waals surface area contributed by atoms with E-state index in [0.29, 0.717) is 31.1 Å². The second-order valence-corrected chi connectivity index (χ2v) is 11.6. The first-order chi connectivity index (χ1) is 19.5. The number of hydrogen-bond acceptors (Lipinski definition) is 6. The third-order valence-corrected chi connectivity index (χ3v) is 8.65. The van der Waals surface area contributed by atoms with Crippen molar-refractivity contribution in [2.75, 3.05) is 13.2 Å². The van der Waals surface area contributed by atoms with Gasteiger partial charge < -0.3 is 25.0 Å². The molecule has 3 N–H and O–H groups in total. The molecule has 5 rings (SSSR count). The summed E-state index contributed by atoms with van der Waals surface area (Å²) in [6.07, 6.45) is 10.00. The molecule has 1 aromatic heterocycles. The first-order valence-electron chi connectivity index (χ1n) is 14.3. The van der Waals surface area contributed by atoms with E-state index in [2.05, 4.69) is 5.32 Å². The molecule has 1 amide bonds. The second-order valence-electron chi connectivity index (χ2n) is 10.5. The molecule has 7 heteroatoms. The van der Waals surface area contributed by atoms with Gasteiger partial charge in [0.05, 0.1) is 11.5 Å². The number of unbranched alkanes of at least 4 members (excludes halogenated alkanes) is 1. The molecule has 6 nitrogen and oxygen atoms in total. The molecule has 0 saturated heterocycles. The van der Waals surface area contributed by atoms with Gasteiger partial charge in [0.1, 0.15) is 23.0 Å². The number of benzene rings is 3. The molecule has 3 aromatic carbocycles. The minimum absolute atomic E-state index is 0.172. The van der Waals surface area contributed by atoms with Crippen LogP contribution in [0.5, 0.6) is 28.7 Å². The Morgan fingerprint density at radius 1 is 0.875 bits per heavy atom. The summed E-state index contributed by atoms with van der Waals surface area (Å²) in [7, 11) is 0. The number of aromatic hydroxyl groups is 2. The molecule has 0 atom stereocenters. The first kappa shape index (κ1) is 27.8. The van der Waals surface area contributed by atoms with E-state index < -0.39 is 0 Å². The zero-order valence-electron chi connectivity index (χ0n) is 22.7. The van der Waals surface area contributed by atoms with Crippen molar-refractivity contribution in [2.45, 2.75) is 57.8 Å². The maximum Gasteiger partial charge on any atom is 0.220 e. The van der Waals surface area contributed by atoms with Crippen LogP contribution in [0.3, 0.4) is 0 Å². The van der Waals surface area contributed by atoms with Crippen LogP contribution in [-0.4, -0.2) is 29.3 Å². The van der Waals surface area contributed by atoms with Crippen molar-refractivity contribution in [1.29, 1.82) is 0 Å². The van der Waals surface area contributed by atoms with Crippen LogP contribution in [0.2, 0.25) is 0 Å². The van der Waals surface area contributed by atoms with Gasteiger partial charge in [-0.25, -0.2) is 0 Å². The molecule has 0 radical (unpaired) electrons. The lowest BCUT2D eigenvalue weighted by atomic mass is 9.86. The lowest BCUT2D eigenvalue weighted by Gasteiger charge is -2.20. The third-order valence-electron chi connectivity index (χ3n) is 7.47. The molecule has 1 aliphatic rings. The van der Waals surface area contributed by atoms with Crippen molar-refractivity contribution in [3.8, 4) is 39.2 Å². The van der Waals surface area contributed by atoms with Crippen LogP contribution in [-0.2, 0) is 4.79 Å². The summed E-state index contributed by atoms with van der Waals surface area (Å²) in [6.45, 7) is 1.27. The van der Waals surface area contributed by atoms with Gasteiger partial charge in [-0.2, -0.15) is 0 Å². The van der Waals surface area contributed by atoms with Crippen molar-refractivity contribution in [3.05, 3.63) is 66.7 Å². The number of fused-ring (bicyclic) bond motifs is 1. The Labute approximate surface area is 239 Å². The summed E-state index contributed by atoms with van der Waals surface area (Å²) in [6, 6.07) is 19.8. The highest BCUT2D eigenvalue weighted by Crippen LogP contribution is 2.47. The first-order valence-corrected chi connectivity index (χ1v) is 15.1. The van der Waals surface area contributed by atoms with Gasteiger partial charge in [0, 0.05) is 23.1 Å². The van der Waals surface area contributed by atoms with Crippen LogP contribution in [0, 0.1) is 5.92 Å². The summed E-state index contributed by atoms with van der Waals surface area (Å²) in [4.78, 5) is 13.0. The van der Waals surface area contributed by atoms with Crippen molar-refractivity contribution in [2.24, 2.45) is 5.92 Å². The largest absolute Gasteiger partial charge is 0.508 e. The molecule has 0 unspecified atom stereocenters. The van der Waals surface area contributed by atoms with E-state index in [1.807, 2.05) is 42.5 Å². The quantitative estimate of drug-likeness (QED) is 0.152. The molecular formula is C33H37NO5S. The zero-order valence-corrected chi connectivity index (χ0v) is 23.6. The summed E-state index contributed by atoms with van der Waals surface area (Å²) in [5.41, 5.74) is 0.925. The fourth-order valence-corrected chi connectivity index (χ4v) is 6.40. The Hall–Kier alpha value is -3.71. The van der Waals surface area contributed by atoms with Gasteiger partial charge in [0.2, 0.25) is 5.91 Å². The molecule has 1 heterocycles. The smallest absolute Gasteiger partial charge is 0.220 e. The van der Waals surface area contributed by atoms with Crippen LogP contribution in [0.25, 0.3) is 20.5 Å². The van der Waals surface area contributed by atoms with Gasteiger partial charge in [-0.05, 0) is 97.5 Å². The Morgan fingerprint density at radius 3 is 2.38 bits per heavy atom. The van der Waals surface area contributed by atoms with E-state index in [4.69, 9.17) is 9.47 Å². The highest BCUT2D eigenvalue weighted by molar-refractivity contribution is 7.22. The lowest BCUT2D eigenvalue weighted by molar-refractivity contribution is -0.121. The van der Waals surface area contributed by atoms with E-state index in [9.17, 15) is 15.0 Å². The second kappa shape index (κ2) is 13.6. The van der Waals surface area contributed by atoms with Gasteiger partial charge >= 0.3 is 0 Å². The van der Waals surface area contributed by atoms with E-state index in [0.717, 1.165) is 51.5 Å². The topological polar surface area (TPSA) is 88.0 Å². The molecule has 1 aliphatic carbocycles. The zero-order chi connectivity index (χ0) is 27.7. The number of nitrogens with one attached hydrogen (secondary N) is 1. The van der Waals surface area contributed by atoms with Crippen LogP contribution in [0.4, 0.5) is 0 Å². The number of rotatable bonds is 12. The van der Waals surface area contributed by atoms with Crippen LogP contribution < -0.4 is 14.8 Å². The highest BCUT2D eigenvalue weighted by Gasteiger charge is 2.17. The molecule has 4 aromatic rings. The average molecular weight is 560 g/mol. The van der Waals surface area contributed by atoms with Gasteiger partial charge in [-0.3, -0.25) is 4.79 Å². The van der Waals surface area contributed by atoms with Crippen LogP contribution >= 0.6 is 11.3 Å². The molecular weight excluding hydrogens is 522 g/mol. The van der Waals surface area contributed by atoms with Crippen LogP contribution in [0.15, 0.2) is 66.7 Å². The van der Waals surface area contributed by atoms with Gasteiger partial charge in [-0.1, -0.05) is 32.1 Å². The number of amides is 1. The number of thiophene rings is 1. The maximum absolute atomic E-state index is 12.1. The molecule has 210 valence electrons. The lowest BCUT2D eigenvalue weighted by Crippen LogP contribution is -2.25. The number of phenolic OH excluding ortho intramolecular Hbond substituents is 2. The summed E-state index contributed by atoms with van der Waals surface area (Å²) in [5.74, 6) is 3.47. The molecule has 0 bridgehead atoms. The fourth-order valence-electron chi connectivity index (χ4n) is 5.23. The van der Waals surface area contributed by atoms with Crippen molar-refractivity contribution < 1.29 is 24.5 Å². The van der Waals surface area contributed by atoms with Gasteiger partial charge in [-0.15, -0.1) is 11.3 Å². The maximum atomic E-state index is 12.1. The Balaban J connectivity index is 1.10. The number of carbonyl (C=O) groups is 1. The normalized spacial score (nSPS) is 13.8. The minimum atomic E-state index is 0.172.